The third kappa shape index (κ3) is 2.85. The van der Waals surface area contributed by atoms with Crippen LogP contribution in [0.3, 0.4) is 0 Å². The van der Waals surface area contributed by atoms with E-state index in [0.717, 1.165) is 21.2 Å². The van der Waals surface area contributed by atoms with Crippen molar-refractivity contribution in [2.75, 3.05) is 0 Å². The molecule has 0 saturated heterocycles. The average Bonchev–Trinajstić information content (AvgIpc) is 3.06. The molecule has 0 radical (unpaired) electrons. The van der Waals surface area contributed by atoms with Crippen LogP contribution in [0.25, 0.3) is 21.2 Å². The molecule has 0 aliphatic rings. The molecule has 0 aliphatic carbocycles. The maximum atomic E-state index is 14.7. The van der Waals surface area contributed by atoms with Gasteiger partial charge in [-0.15, -0.1) is 11.3 Å². The van der Waals surface area contributed by atoms with Gasteiger partial charge >= 0.3 is 0 Å². The van der Waals surface area contributed by atoms with Gasteiger partial charge < -0.3 is 4.74 Å². The summed E-state index contributed by atoms with van der Waals surface area (Å²) in [6, 6.07) is 8.75. The second kappa shape index (κ2) is 6.22. The van der Waals surface area contributed by atoms with Crippen molar-refractivity contribution in [3.05, 3.63) is 65.2 Å². The number of rotatable bonds is 3. The summed E-state index contributed by atoms with van der Waals surface area (Å²) in [7, 11) is 0. The van der Waals surface area contributed by atoms with Crippen molar-refractivity contribution in [1.29, 1.82) is 0 Å². The Morgan fingerprint density at radius 3 is 2.80 bits per heavy atom. The molecule has 0 N–H and O–H groups in total. The second-order valence-electron chi connectivity index (χ2n) is 5.69. The van der Waals surface area contributed by atoms with Crippen LogP contribution in [0.5, 0.6) is 11.6 Å². The van der Waals surface area contributed by atoms with E-state index in [4.69, 9.17) is 4.74 Å². The highest BCUT2D eigenvalue weighted by molar-refractivity contribution is 7.17. The van der Waals surface area contributed by atoms with Crippen molar-refractivity contribution < 1.29 is 9.13 Å². The maximum Gasteiger partial charge on any atom is 0.237 e. The lowest BCUT2D eigenvalue weighted by atomic mass is 10.00. The number of benzene rings is 1. The first-order chi connectivity index (χ1) is 12.1. The van der Waals surface area contributed by atoms with Gasteiger partial charge in [-0.2, -0.15) is 10.2 Å². The van der Waals surface area contributed by atoms with E-state index in [1.165, 1.54) is 6.07 Å². The minimum Gasteiger partial charge on any atom is -0.437 e. The monoisotopic (exact) mass is 351 g/mol. The highest BCUT2D eigenvalue weighted by Crippen LogP contribution is 2.34. The van der Waals surface area contributed by atoms with Crippen molar-refractivity contribution in [3.63, 3.8) is 0 Å². The zero-order chi connectivity index (χ0) is 17.4. The predicted molar refractivity (Wildman–Crippen MR) is 96.6 cm³/mol. The van der Waals surface area contributed by atoms with Crippen molar-refractivity contribution in [2.45, 2.75) is 13.8 Å². The number of ether oxygens (including phenoxy) is 1. The lowest BCUT2D eigenvalue weighted by molar-refractivity contribution is 0.465. The number of thiophene rings is 1. The molecule has 0 fully saturated rings. The van der Waals surface area contributed by atoms with Gasteiger partial charge in [-0.25, -0.2) is 9.37 Å². The van der Waals surface area contributed by atoms with Crippen molar-refractivity contribution >= 4 is 21.4 Å². The molecule has 4 aromatic rings. The Balaban J connectivity index is 1.72. The van der Waals surface area contributed by atoms with Crippen LogP contribution in [0.1, 0.15) is 11.3 Å². The minimum absolute atomic E-state index is 0.366. The Bertz CT molecular complexity index is 1060. The highest BCUT2D eigenvalue weighted by Gasteiger charge is 2.14. The average molecular weight is 351 g/mol. The van der Waals surface area contributed by atoms with E-state index in [1.807, 2.05) is 31.4 Å². The van der Waals surface area contributed by atoms with Gasteiger partial charge in [0.25, 0.3) is 0 Å². The smallest absolute Gasteiger partial charge is 0.237 e. The van der Waals surface area contributed by atoms with Crippen LogP contribution >= 0.6 is 11.3 Å². The summed E-state index contributed by atoms with van der Waals surface area (Å²) in [6.07, 6.45) is 3.32. The summed E-state index contributed by atoms with van der Waals surface area (Å²) >= 11 is 1.54. The molecule has 0 spiro atoms. The Morgan fingerprint density at radius 1 is 1.12 bits per heavy atom. The van der Waals surface area contributed by atoms with Gasteiger partial charge in [0.15, 0.2) is 0 Å². The first-order valence-corrected chi connectivity index (χ1v) is 8.60. The second-order valence-corrected chi connectivity index (χ2v) is 6.60. The topological polar surface area (TPSA) is 47.9 Å². The number of pyridine rings is 1. The molecule has 0 bridgehead atoms. The maximum absolute atomic E-state index is 14.7. The van der Waals surface area contributed by atoms with E-state index >= 15 is 0 Å². The van der Waals surface area contributed by atoms with E-state index in [1.54, 1.807) is 35.9 Å². The molecule has 0 unspecified atom stereocenters. The molecular weight excluding hydrogens is 337 g/mol. The Kier molecular flexibility index (Phi) is 3.89. The number of nitrogens with zero attached hydrogens (tertiary/aromatic N) is 3. The molecular formula is C19H14FN3OS. The number of hydrogen-bond acceptors (Lipinski definition) is 5. The summed E-state index contributed by atoms with van der Waals surface area (Å²) in [6.45, 7) is 3.71. The highest BCUT2D eigenvalue weighted by atomic mass is 32.1. The molecule has 0 saturated carbocycles. The molecule has 6 heteroatoms. The van der Waals surface area contributed by atoms with Crippen LogP contribution in [0, 0.1) is 19.7 Å². The van der Waals surface area contributed by atoms with Crippen molar-refractivity contribution in [3.8, 4) is 22.8 Å². The standard InChI is InChI=1S/C19H14FN3OS/c1-11-10-22-23-12(2)17(11)15-4-3-14(9-16(15)20)24-19-18-13(5-7-21-19)6-8-25-18/h3-10H,1-2H3. The van der Waals surface area contributed by atoms with Gasteiger partial charge in [0, 0.05) is 23.4 Å². The Hall–Kier alpha value is -2.86. The van der Waals surface area contributed by atoms with Crippen LogP contribution in [-0.4, -0.2) is 15.2 Å². The van der Waals surface area contributed by atoms with Crippen LogP contribution < -0.4 is 4.74 Å². The fraction of sp³-hybridized carbons (Fsp3) is 0.105. The molecule has 4 rings (SSSR count). The lowest BCUT2D eigenvalue weighted by Gasteiger charge is -2.11. The van der Waals surface area contributed by atoms with Gasteiger partial charge in [0.2, 0.25) is 5.88 Å². The normalized spacial score (nSPS) is 11.0. The van der Waals surface area contributed by atoms with Gasteiger partial charge in [0.05, 0.1) is 16.6 Å². The fourth-order valence-electron chi connectivity index (χ4n) is 2.82. The van der Waals surface area contributed by atoms with E-state index in [9.17, 15) is 4.39 Å². The molecule has 0 amide bonds. The predicted octanol–water partition coefficient (Wildman–Crippen LogP) is 5.30. The lowest BCUT2D eigenvalue weighted by Crippen LogP contribution is -1.97. The third-order valence-electron chi connectivity index (χ3n) is 3.98. The molecule has 0 aliphatic heterocycles. The molecule has 124 valence electrons. The third-order valence-corrected chi connectivity index (χ3v) is 4.89. The molecule has 3 heterocycles. The van der Waals surface area contributed by atoms with E-state index < -0.39 is 0 Å². The summed E-state index contributed by atoms with van der Waals surface area (Å²) in [5.41, 5.74) is 2.82. The van der Waals surface area contributed by atoms with Gasteiger partial charge in [-0.05, 0) is 54.4 Å². The number of aromatic nitrogens is 3. The summed E-state index contributed by atoms with van der Waals surface area (Å²) in [5, 5.41) is 10.9. The number of aryl methyl sites for hydroxylation is 2. The zero-order valence-electron chi connectivity index (χ0n) is 13.7. The first-order valence-electron chi connectivity index (χ1n) is 7.72. The molecule has 25 heavy (non-hydrogen) atoms. The van der Waals surface area contributed by atoms with Crippen molar-refractivity contribution in [2.24, 2.45) is 0 Å². The van der Waals surface area contributed by atoms with Gasteiger partial charge in [-0.1, -0.05) is 0 Å². The summed E-state index contributed by atoms with van der Waals surface area (Å²) < 4.78 is 21.5. The van der Waals surface area contributed by atoms with E-state index in [2.05, 4.69) is 15.2 Å². The van der Waals surface area contributed by atoms with E-state index in [-0.39, 0.29) is 5.82 Å². The molecule has 1 aromatic carbocycles. The Labute approximate surface area is 148 Å². The largest absolute Gasteiger partial charge is 0.437 e. The SMILES string of the molecule is Cc1cnnc(C)c1-c1ccc(Oc2nccc3ccsc23)cc1F. The summed E-state index contributed by atoms with van der Waals surface area (Å²) in [4.78, 5) is 4.26. The quantitative estimate of drug-likeness (QED) is 0.502. The number of hydrogen-bond donors (Lipinski definition) is 0. The molecule has 0 atom stereocenters. The number of halogens is 1. The van der Waals surface area contributed by atoms with Crippen LogP contribution in [0.15, 0.2) is 48.1 Å². The van der Waals surface area contributed by atoms with Crippen LogP contribution in [-0.2, 0) is 0 Å². The van der Waals surface area contributed by atoms with Crippen LogP contribution in [0.2, 0.25) is 0 Å². The molecule has 3 aromatic heterocycles. The Morgan fingerprint density at radius 2 is 2.00 bits per heavy atom. The van der Waals surface area contributed by atoms with Crippen LogP contribution in [0.4, 0.5) is 4.39 Å². The van der Waals surface area contributed by atoms with Crippen molar-refractivity contribution in [1.82, 2.24) is 15.2 Å². The van der Waals surface area contributed by atoms with Gasteiger partial charge in [-0.3, -0.25) is 0 Å². The zero-order valence-corrected chi connectivity index (χ0v) is 14.5. The van der Waals surface area contributed by atoms with E-state index in [0.29, 0.717) is 22.9 Å². The van der Waals surface area contributed by atoms with Gasteiger partial charge in [0.1, 0.15) is 11.6 Å². The fourth-order valence-corrected chi connectivity index (χ4v) is 3.64. The minimum atomic E-state index is -0.366. The number of fused-ring (bicyclic) bond motifs is 1. The summed E-state index contributed by atoms with van der Waals surface area (Å²) in [5.74, 6) is 0.527. The first kappa shape index (κ1) is 15.7. The molecule has 4 nitrogen and oxygen atoms in total.